The molecule has 0 spiro atoms. The second-order valence-electron chi connectivity index (χ2n) is 3.95. The van der Waals surface area contributed by atoms with E-state index in [1.807, 2.05) is 6.92 Å². The average Bonchev–Trinajstić information content (AvgIpc) is 2.30. The fraction of sp³-hybridized carbons (Fsp3) is 0.455. The van der Waals surface area contributed by atoms with Gasteiger partial charge in [0, 0.05) is 31.8 Å². The van der Waals surface area contributed by atoms with Gasteiger partial charge in [-0.1, -0.05) is 18.5 Å². The van der Waals surface area contributed by atoms with E-state index in [1.54, 1.807) is 6.07 Å². The van der Waals surface area contributed by atoms with Gasteiger partial charge in [0.1, 0.15) is 0 Å². The molecular weight excluding hydrogens is 244 g/mol. The van der Waals surface area contributed by atoms with Crippen molar-refractivity contribution in [2.24, 2.45) is 5.92 Å². The van der Waals surface area contributed by atoms with Crippen molar-refractivity contribution in [2.45, 2.75) is 13.5 Å². The number of aliphatic hydroxyl groups excluding tert-OH is 1. The number of nitro benzene ring substituents is 1. The standard InChI is InChI=1S/C11H15ClN2O3/c1-8(7-15)5-13-6-9-2-3-10(14(16)17)4-11(9)12/h2-4,8,13,15H,5-7H2,1H3. The molecule has 0 aromatic heterocycles. The number of nitrogens with zero attached hydrogens (tertiary/aromatic N) is 1. The van der Waals surface area contributed by atoms with Crippen LogP contribution in [0.3, 0.4) is 0 Å². The summed E-state index contributed by atoms with van der Waals surface area (Å²) in [4.78, 5) is 10.0. The van der Waals surface area contributed by atoms with Crippen molar-refractivity contribution in [3.8, 4) is 0 Å². The number of aliphatic hydroxyl groups is 1. The lowest BCUT2D eigenvalue weighted by atomic mass is 10.1. The summed E-state index contributed by atoms with van der Waals surface area (Å²) in [5.74, 6) is 0.173. The molecule has 0 aliphatic rings. The van der Waals surface area contributed by atoms with Gasteiger partial charge in [0.05, 0.1) is 9.95 Å². The molecule has 5 nitrogen and oxygen atoms in total. The van der Waals surface area contributed by atoms with Crippen molar-refractivity contribution >= 4 is 17.3 Å². The van der Waals surface area contributed by atoms with Gasteiger partial charge < -0.3 is 10.4 Å². The molecule has 94 valence electrons. The molecule has 0 amide bonds. The number of rotatable bonds is 6. The molecular formula is C11H15ClN2O3. The predicted octanol–water partition coefficient (Wildman–Crippen LogP) is 1.97. The van der Waals surface area contributed by atoms with Crippen LogP contribution in [-0.2, 0) is 6.54 Å². The molecule has 17 heavy (non-hydrogen) atoms. The summed E-state index contributed by atoms with van der Waals surface area (Å²) in [6, 6.07) is 4.41. The maximum atomic E-state index is 10.5. The van der Waals surface area contributed by atoms with Gasteiger partial charge in [0.25, 0.3) is 5.69 Å². The largest absolute Gasteiger partial charge is 0.396 e. The van der Waals surface area contributed by atoms with E-state index in [1.165, 1.54) is 12.1 Å². The van der Waals surface area contributed by atoms with Crippen LogP contribution in [0, 0.1) is 16.0 Å². The topological polar surface area (TPSA) is 75.4 Å². The zero-order chi connectivity index (χ0) is 12.8. The Hall–Kier alpha value is -1.17. The third kappa shape index (κ3) is 4.30. The van der Waals surface area contributed by atoms with Crippen molar-refractivity contribution in [3.05, 3.63) is 38.9 Å². The average molecular weight is 259 g/mol. The molecule has 0 radical (unpaired) electrons. The smallest absolute Gasteiger partial charge is 0.270 e. The Morgan fingerprint density at radius 1 is 1.59 bits per heavy atom. The van der Waals surface area contributed by atoms with Gasteiger partial charge in [-0.3, -0.25) is 10.1 Å². The van der Waals surface area contributed by atoms with E-state index in [0.29, 0.717) is 18.1 Å². The summed E-state index contributed by atoms with van der Waals surface area (Å²) in [6.07, 6.45) is 0. The second-order valence-corrected chi connectivity index (χ2v) is 4.36. The fourth-order valence-corrected chi connectivity index (χ4v) is 1.55. The first-order valence-electron chi connectivity index (χ1n) is 5.29. The molecule has 6 heteroatoms. The van der Waals surface area contributed by atoms with E-state index < -0.39 is 4.92 Å². The Labute approximate surface area is 105 Å². The molecule has 0 saturated carbocycles. The fourth-order valence-electron chi connectivity index (χ4n) is 1.31. The van der Waals surface area contributed by atoms with E-state index in [-0.39, 0.29) is 18.2 Å². The summed E-state index contributed by atoms with van der Waals surface area (Å²) in [5.41, 5.74) is 0.796. The van der Waals surface area contributed by atoms with E-state index >= 15 is 0 Å². The first-order chi connectivity index (χ1) is 8.04. The highest BCUT2D eigenvalue weighted by Crippen LogP contribution is 2.22. The van der Waals surface area contributed by atoms with Crippen molar-refractivity contribution in [2.75, 3.05) is 13.2 Å². The van der Waals surface area contributed by atoms with Crippen LogP contribution >= 0.6 is 11.6 Å². The van der Waals surface area contributed by atoms with Gasteiger partial charge >= 0.3 is 0 Å². The predicted molar refractivity (Wildman–Crippen MR) is 66.1 cm³/mol. The van der Waals surface area contributed by atoms with Crippen LogP contribution in [0.15, 0.2) is 18.2 Å². The molecule has 0 heterocycles. The van der Waals surface area contributed by atoms with E-state index in [2.05, 4.69) is 5.32 Å². The first kappa shape index (κ1) is 13.9. The van der Waals surface area contributed by atoms with Crippen LogP contribution in [0.2, 0.25) is 5.02 Å². The van der Waals surface area contributed by atoms with Crippen LogP contribution in [0.5, 0.6) is 0 Å². The molecule has 1 aromatic carbocycles. The number of non-ortho nitro benzene ring substituents is 1. The number of hydrogen-bond acceptors (Lipinski definition) is 4. The van der Waals surface area contributed by atoms with Crippen LogP contribution in [0.4, 0.5) is 5.69 Å². The zero-order valence-electron chi connectivity index (χ0n) is 9.52. The van der Waals surface area contributed by atoms with Crippen LogP contribution < -0.4 is 5.32 Å². The quantitative estimate of drug-likeness (QED) is 0.604. The van der Waals surface area contributed by atoms with Crippen molar-refractivity contribution in [1.29, 1.82) is 0 Å². The number of hydrogen-bond donors (Lipinski definition) is 2. The highest BCUT2D eigenvalue weighted by atomic mass is 35.5. The molecule has 0 aliphatic heterocycles. The zero-order valence-corrected chi connectivity index (χ0v) is 10.3. The third-order valence-electron chi connectivity index (χ3n) is 2.37. The van der Waals surface area contributed by atoms with Gasteiger partial charge in [-0.15, -0.1) is 0 Å². The Kier molecular flexibility index (Phi) is 5.34. The number of halogens is 1. The van der Waals surface area contributed by atoms with Crippen LogP contribution in [0.1, 0.15) is 12.5 Å². The van der Waals surface area contributed by atoms with E-state index in [9.17, 15) is 10.1 Å². The van der Waals surface area contributed by atoms with Crippen LogP contribution in [0.25, 0.3) is 0 Å². The molecule has 0 saturated heterocycles. The monoisotopic (exact) mass is 258 g/mol. The molecule has 1 unspecified atom stereocenters. The van der Waals surface area contributed by atoms with Crippen molar-refractivity contribution in [1.82, 2.24) is 5.32 Å². The lowest BCUT2D eigenvalue weighted by molar-refractivity contribution is -0.384. The summed E-state index contributed by atoms with van der Waals surface area (Å²) >= 11 is 5.93. The molecule has 1 rings (SSSR count). The lowest BCUT2D eigenvalue weighted by Gasteiger charge is -2.10. The maximum absolute atomic E-state index is 10.5. The Balaban J connectivity index is 2.57. The minimum Gasteiger partial charge on any atom is -0.396 e. The molecule has 0 aliphatic carbocycles. The molecule has 1 atom stereocenters. The van der Waals surface area contributed by atoms with E-state index in [0.717, 1.165) is 5.56 Å². The highest BCUT2D eigenvalue weighted by molar-refractivity contribution is 6.31. The van der Waals surface area contributed by atoms with Crippen molar-refractivity contribution < 1.29 is 10.0 Å². The van der Waals surface area contributed by atoms with Crippen molar-refractivity contribution in [3.63, 3.8) is 0 Å². The second kappa shape index (κ2) is 6.54. The van der Waals surface area contributed by atoms with Gasteiger partial charge in [-0.2, -0.15) is 0 Å². The maximum Gasteiger partial charge on any atom is 0.270 e. The van der Waals surface area contributed by atoms with Gasteiger partial charge in [-0.25, -0.2) is 0 Å². The van der Waals surface area contributed by atoms with Gasteiger partial charge in [-0.05, 0) is 17.5 Å². The minimum absolute atomic E-state index is 0.0116. The summed E-state index contributed by atoms with van der Waals surface area (Å²) in [6.45, 7) is 3.25. The van der Waals surface area contributed by atoms with Gasteiger partial charge in [0.2, 0.25) is 0 Å². The Bertz CT molecular complexity index is 398. The Morgan fingerprint density at radius 3 is 2.82 bits per heavy atom. The summed E-state index contributed by atoms with van der Waals surface area (Å²) in [7, 11) is 0. The summed E-state index contributed by atoms with van der Waals surface area (Å²) in [5, 5.41) is 22.9. The highest BCUT2D eigenvalue weighted by Gasteiger charge is 2.09. The minimum atomic E-state index is -0.475. The summed E-state index contributed by atoms with van der Waals surface area (Å²) < 4.78 is 0. The normalized spacial score (nSPS) is 12.4. The molecule has 2 N–H and O–H groups in total. The Morgan fingerprint density at radius 2 is 2.29 bits per heavy atom. The first-order valence-corrected chi connectivity index (χ1v) is 5.66. The number of benzene rings is 1. The number of nitrogens with one attached hydrogen (secondary N) is 1. The number of nitro groups is 1. The van der Waals surface area contributed by atoms with Crippen LogP contribution in [-0.4, -0.2) is 23.2 Å². The molecule has 1 aromatic rings. The SMILES string of the molecule is CC(CO)CNCc1ccc([N+](=O)[O-])cc1Cl. The van der Waals surface area contributed by atoms with Gasteiger partial charge in [0.15, 0.2) is 0 Å². The third-order valence-corrected chi connectivity index (χ3v) is 2.72. The molecule has 0 fully saturated rings. The van der Waals surface area contributed by atoms with E-state index in [4.69, 9.17) is 16.7 Å². The molecule has 0 bridgehead atoms. The lowest BCUT2D eigenvalue weighted by Crippen LogP contribution is -2.22.